The number of aromatic nitrogens is 3. The molecule has 0 saturated carbocycles. The summed E-state index contributed by atoms with van der Waals surface area (Å²) in [6.07, 6.45) is 1.76. The summed E-state index contributed by atoms with van der Waals surface area (Å²) in [6, 6.07) is 6.09. The van der Waals surface area contributed by atoms with E-state index < -0.39 is 0 Å². The van der Waals surface area contributed by atoms with Crippen LogP contribution in [0.15, 0.2) is 24.5 Å². The number of anilines is 1. The second-order valence-electron chi connectivity index (χ2n) is 5.25. The highest BCUT2D eigenvalue weighted by atomic mass is 16.5. The zero-order chi connectivity index (χ0) is 14.2. The fourth-order valence-electron chi connectivity index (χ4n) is 2.99. The average Bonchev–Trinajstić information content (AvgIpc) is 2.93. The molecule has 1 aliphatic rings. The lowest BCUT2D eigenvalue weighted by Gasteiger charge is -2.24. The van der Waals surface area contributed by atoms with Crippen molar-refractivity contribution in [2.24, 2.45) is 0 Å². The van der Waals surface area contributed by atoms with E-state index in [1.807, 2.05) is 12.1 Å². The highest BCUT2D eigenvalue weighted by Gasteiger charge is 2.23. The van der Waals surface area contributed by atoms with Crippen molar-refractivity contribution in [3.05, 3.63) is 24.5 Å². The molecule has 0 aliphatic carbocycles. The van der Waals surface area contributed by atoms with Gasteiger partial charge in [0.2, 0.25) is 17.8 Å². The van der Waals surface area contributed by atoms with Gasteiger partial charge in [-0.25, -0.2) is 4.98 Å². The summed E-state index contributed by atoms with van der Waals surface area (Å²) in [5, 5.41) is 5.70. The predicted molar refractivity (Wildman–Crippen MR) is 81.8 cm³/mol. The molecule has 6 nitrogen and oxygen atoms in total. The molecule has 1 aliphatic heterocycles. The number of hydrogen-bond acceptors (Lipinski definition) is 4. The Labute approximate surface area is 122 Å². The van der Waals surface area contributed by atoms with E-state index in [4.69, 9.17) is 4.74 Å². The lowest BCUT2D eigenvalue weighted by atomic mass is 10.2. The Kier molecular flexibility index (Phi) is 2.89. The van der Waals surface area contributed by atoms with Crippen LogP contribution in [0.5, 0.6) is 5.75 Å². The zero-order valence-electron chi connectivity index (χ0n) is 11.9. The number of methoxy groups -OCH3 is 1. The molecule has 3 heterocycles. The quantitative estimate of drug-likeness (QED) is 0.735. The lowest BCUT2D eigenvalue weighted by molar-refractivity contribution is -0.366. The Balaban J connectivity index is 1.94. The van der Waals surface area contributed by atoms with Crippen molar-refractivity contribution in [3.8, 4) is 5.75 Å². The molecule has 3 aromatic rings. The van der Waals surface area contributed by atoms with Gasteiger partial charge in [0.25, 0.3) is 0 Å². The van der Waals surface area contributed by atoms with E-state index in [0.29, 0.717) is 0 Å². The van der Waals surface area contributed by atoms with Gasteiger partial charge in [-0.3, -0.25) is 4.90 Å². The van der Waals surface area contributed by atoms with E-state index in [-0.39, 0.29) is 0 Å². The number of fused-ring (bicyclic) bond motifs is 3. The molecule has 6 heteroatoms. The van der Waals surface area contributed by atoms with E-state index >= 15 is 0 Å². The minimum absolute atomic E-state index is 0.849. The van der Waals surface area contributed by atoms with Crippen LogP contribution in [0.4, 0.5) is 5.82 Å². The molecule has 21 heavy (non-hydrogen) atoms. The second kappa shape index (κ2) is 4.89. The normalized spacial score (nSPS) is 15.8. The number of H-pyrrole nitrogens is 2. The van der Waals surface area contributed by atoms with Crippen molar-refractivity contribution in [1.29, 1.82) is 0 Å². The molecule has 0 atom stereocenters. The van der Waals surface area contributed by atoms with Gasteiger partial charge in [-0.05, 0) is 12.1 Å². The van der Waals surface area contributed by atoms with Crippen molar-refractivity contribution in [3.63, 3.8) is 0 Å². The molecular weight excluding hydrogens is 266 g/mol. The smallest absolute Gasteiger partial charge is 0.234 e. The molecule has 0 radical (unpaired) electrons. The summed E-state index contributed by atoms with van der Waals surface area (Å²) in [5.74, 6) is 1.99. The fraction of sp³-hybridized carbons (Fsp3) is 0.333. The van der Waals surface area contributed by atoms with Gasteiger partial charge in [-0.1, -0.05) is 4.98 Å². The molecule has 1 aromatic carbocycles. The van der Waals surface area contributed by atoms with Crippen LogP contribution in [0, 0.1) is 0 Å². The van der Waals surface area contributed by atoms with Crippen LogP contribution in [0.1, 0.15) is 0 Å². The van der Waals surface area contributed by atoms with Gasteiger partial charge in [-0.2, -0.15) is 0 Å². The monoisotopic (exact) mass is 284 g/mol. The van der Waals surface area contributed by atoms with Gasteiger partial charge < -0.3 is 15.0 Å². The van der Waals surface area contributed by atoms with Gasteiger partial charge in [0.1, 0.15) is 11.1 Å². The predicted octanol–water partition coefficient (Wildman–Crippen LogP) is 0.948. The van der Waals surface area contributed by atoms with Crippen molar-refractivity contribution >= 4 is 27.8 Å². The minimum atomic E-state index is 0.849. The highest BCUT2D eigenvalue weighted by molar-refractivity contribution is 6.10. The van der Waals surface area contributed by atoms with Crippen LogP contribution in [0.3, 0.4) is 0 Å². The first kappa shape index (κ1) is 12.4. The number of ether oxygens (including phenoxy) is 1. The Morgan fingerprint density at radius 2 is 2.14 bits per heavy atom. The topological polar surface area (TPSA) is 67.3 Å². The third-order valence-electron chi connectivity index (χ3n) is 4.05. The Bertz CT molecular complexity index is 791. The van der Waals surface area contributed by atoms with Crippen LogP contribution in [0.25, 0.3) is 21.9 Å². The third kappa shape index (κ3) is 1.99. The van der Waals surface area contributed by atoms with Gasteiger partial charge >= 0.3 is 0 Å². The number of benzene rings is 1. The summed E-state index contributed by atoms with van der Waals surface area (Å²) in [4.78, 5) is 13.5. The van der Waals surface area contributed by atoms with Crippen LogP contribution in [-0.4, -0.2) is 43.3 Å². The maximum atomic E-state index is 5.30. The zero-order valence-corrected chi connectivity index (χ0v) is 11.9. The fourth-order valence-corrected chi connectivity index (χ4v) is 2.99. The Morgan fingerprint density at radius 3 is 2.95 bits per heavy atom. The standard InChI is InChI=1S/C15H17N5O/c1-21-10-2-3-11-12(8-10)19-14-13(11)15(18-9-17-14)20-6-4-16-5-7-20/h2-3,8-9,16H,4-7H2,1H3,(H,17,18,19)/p+1. The Morgan fingerprint density at radius 1 is 1.29 bits per heavy atom. The number of nitrogens with one attached hydrogen (secondary N) is 3. The second-order valence-corrected chi connectivity index (χ2v) is 5.25. The molecule has 3 N–H and O–H groups in total. The Hall–Kier alpha value is -2.34. The van der Waals surface area contributed by atoms with Gasteiger partial charge in [0, 0.05) is 24.5 Å². The number of hydrogen-bond donors (Lipinski definition) is 2. The van der Waals surface area contributed by atoms with Crippen LogP contribution in [-0.2, 0) is 0 Å². The maximum absolute atomic E-state index is 5.30. The summed E-state index contributed by atoms with van der Waals surface area (Å²) in [6.45, 7) is 4.01. The first-order chi connectivity index (χ1) is 10.4. The van der Waals surface area contributed by atoms with E-state index in [2.05, 4.69) is 31.2 Å². The molecule has 0 unspecified atom stereocenters. The van der Waals surface area contributed by atoms with Gasteiger partial charge in [-0.15, -0.1) is 0 Å². The average molecular weight is 284 g/mol. The van der Waals surface area contributed by atoms with Crippen LogP contribution in [0.2, 0.25) is 0 Å². The summed E-state index contributed by atoms with van der Waals surface area (Å²) < 4.78 is 5.30. The van der Waals surface area contributed by atoms with E-state index in [0.717, 1.165) is 54.3 Å². The first-order valence-electron chi connectivity index (χ1n) is 7.18. The lowest BCUT2D eigenvalue weighted by Crippen LogP contribution is -2.45. The molecule has 1 saturated heterocycles. The van der Waals surface area contributed by atoms with E-state index in [1.54, 1.807) is 13.4 Å². The molecule has 4 rings (SSSR count). The molecule has 0 spiro atoms. The molecule has 2 aromatic heterocycles. The van der Waals surface area contributed by atoms with E-state index in [1.165, 1.54) is 5.39 Å². The van der Waals surface area contributed by atoms with Gasteiger partial charge in [0.05, 0.1) is 25.7 Å². The molecule has 0 amide bonds. The SMILES string of the molecule is COc1ccc2c(c1)[nH]c1nc[nH+]c(N3CCNCC3)c12. The molecule has 0 bridgehead atoms. The van der Waals surface area contributed by atoms with E-state index in [9.17, 15) is 0 Å². The summed E-state index contributed by atoms with van der Waals surface area (Å²) >= 11 is 0. The third-order valence-corrected chi connectivity index (χ3v) is 4.05. The van der Waals surface area contributed by atoms with Crippen molar-refractivity contribution in [2.45, 2.75) is 0 Å². The number of aromatic amines is 2. The van der Waals surface area contributed by atoms with Gasteiger partial charge in [0.15, 0.2) is 0 Å². The maximum Gasteiger partial charge on any atom is 0.234 e. The summed E-state index contributed by atoms with van der Waals surface area (Å²) in [7, 11) is 1.68. The molecule has 1 fully saturated rings. The molecule has 108 valence electrons. The van der Waals surface area contributed by atoms with Crippen LogP contribution >= 0.6 is 0 Å². The number of piperazine rings is 1. The highest BCUT2D eigenvalue weighted by Crippen LogP contribution is 2.31. The van der Waals surface area contributed by atoms with Crippen molar-refractivity contribution in [1.82, 2.24) is 15.3 Å². The molecular formula is C15H18N5O+. The summed E-state index contributed by atoms with van der Waals surface area (Å²) in [5.41, 5.74) is 1.96. The van der Waals surface area contributed by atoms with Crippen LogP contribution < -0.4 is 19.9 Å². The number of nitrogens with zero attached hydrogens (tertiary/aromatic N) is 2. The van der Waals surface area contributed by atoms with Crippen molar-refractivity contribution in [2.75, 3.05) is 38.2 Å². The largest absolute Gasteiger partial charge is 0.497 e. The minimum Gasteiger partial charge on any atom is -0.497 e. The first-order valence-corrected chi connectivity index (χ1v) is 7.18. The van der Waals surface area contributed by atoms with Crippen molar-refractivity contribution < 1.29 is 9.72 Å². The number of rotatable bonds is 2.